The second kappa shape index (κ2) is 8.72. The largest absolute Gasteiger partial charge is 0.506 e. The number of carbonyl (C=O) groups excluding carboxylic acids is 2. The average molecular weight is 466 g/mol. The Morgan fingerprint density at radius 3 is 1.97 bits per heavy atom. The number of rotatable bonds is 4. The number of fused-ring (bicyclic) bond motifs is 2. The second-order valence-corrected chi connectivity index (χ2v) is 7.75. The molecule has 0 spiro atoms. The Morgan fingerprint density at radius 2 is 1.23 bits per heavy atom. The van der Waals surface area contributed by atoms with E-state index < -0.39 is 23.4 Å². The van der Waals surface area contributed by atoms with Gasteiger partial charge in [-0.1, -0.05) is 66.7 Å². The van der Waals surface area contributed by atoms with E-state index in [1.54, 1.807) is 78.9 Å². The molecule has 0 saturated carbocycles. The lowest BCUT2D eigenvalue weighted by Crippen LogP contribution is -2.12. The first-order chi connectivity index (χ1) is 16.9. The molecule has 0 aliphatic carbocycles. The quantitative estimate of drug-likeness (QED) is 0.181. The first-order valence-corrected chi connectivity index (χ1v) is 10.6. The van der Waals surface area contributed by atoms with Gasteiger partial charge in [0.2, 0.25) is 0 Å². The monoisotopic (exact) mass is 466 g/mol. The van der Waals surface area contributed by atoms with Gasteiger partial charge in [0.05, 0.1) is 0 Å². The van der Waals surface area contributed by atoms with Gasteiger partial charge in [-0.15, -0.1) is 0 Å². The van der Waals surface area contributed by atoms with Gasteiger partial charge in [0, 0.05) is 16.2 Å². The zero-order chi connectivity index (χ0) is 24.5. The van der Waals surface area contributed by atoms with Gasteiger partial charge < -0.3 is 24.8 Å². The third-order valence-corrected chi connectivity index (χ3v) is 5.56. The Labute approximate surface area is 199 Å². The van der Waals surface area contributed by atoms with Gasteiger partial charge in [-0.2, -0.15) is 0 Å². The summed E-state index contributed by atoms with van der Waals surface area (Å²) in [5.74, 6) is -2.98. The number of phenols is 3. The second-order valence-electron chi connectivity index (χ2n) is 7.75. The Hall–Kier alpha value is -5.04. The van der Waals surface area contributed by atoms with Gasteiger partial charge in [0.25, 0.3) is 0 Å². The molecule has 172 valence electrons. The Bertz CT molecular complexity index is 1610. The normalized spacial score (nSPS) is 10.9. The summed E-state index contributed by atoms with van der Waals surface area (Å²) in [7, 11) is 0. The molecule has 0 aromatic heterocycles. The van der Waals surface area contributed by atoms with Crippen LogP contribution in [0.25, 0.3) is 21.5 Å². The predicted octanol–water partition coefficient (Wildman–Crippen LogP) is 5.55. The van der Waals surface area contributed by atoms with Crippen molar-refractivity contribution < 1.29 is 34.4 Å². The van der Waals surface area contributed by atoms with E-state index in [0.29, 0.717) is 16.2 Å². The molecule has 35 heavy (non-hydrogen) atoms. The number of phenolic OH excluding ortho intramolecular Hbond substituents is 3. The highest BCUT2D eigenvalue weighted by atomic mass is 16.5. The molecular weight excluding hydrogens is 448 g/mol. The topological polar surface area (TPSA) is 113 Å². The van der Waals surface area contributed by atoms with E-state index in [0.717, 1.165) is 0 Å². The maximum Gasteiger partial charge on any atom is 0.348 e. The van der Waals surface area contributed by atoms with Crippen LogP contribution in [0, 0.1) is 0 Å². The molecule has 5 rings (SSSR count). The van der Waals surface area contributed by atoms with Crippen molar-refractivity contribution in [1.29, 1.82) is 0 Å². The molecule has 0 radical (unpaired) electrons. The van der Waals surface area contributed by atoms with Crippen LogP contribution >= 0.6 is 0 Å². The molecule has 0 aliphatic rings. The van der Waals surface area contributed by atoms with Crippen LogP contribution in [0.4, 0.5) is 0 Å². The molecule has 5 aromatic carbocycles. The third kappa shape index (κ3) is 3.95. The standard InChI is InChI=1S/C28H18O7/c29-22-14-16-8-4-5-11-18(16)24(26(22)31)28(33)35-23-15-21(25(30)20-13-7-6-12-19(20)23)27(32)34-17-9-2-1-3-10-17/h1-15,29-31H. The van der Waals surface area contributed by atoms with E-state index in [2.05, 4.69) is 0 Å². The summed E-state index contributed by atoms with van der Waals surface area (Å²) in [5, 5.41) is 32.9. The highest BCUT2D eigenvalue weighted by molar-refractivity contribution is 6.10. The fourth-order valence-electron chi connectivity index (χ4n) is 3.90. The van der Waals surface area contributed by atoms with Crippen LogP contribution in [-0.2, 0) is 0 Å². The zero-order valence-electron chi connectivity index (χ0n) is 18.1. The average Bonchev–Trinajstić information content (AvgIpc) is 2.87. The van der Waals surface area contributed by atoms with Crippen LogP contribution in [0.2, 0.25) is 0 Å². The summed E-state index contributed by atoms with van der Waals surface area (Å²) in [6.45, 7) is 0. The van der Waals surface area contributed by atoms with E-state index >= 15 is 0 Å². The minimum atomic E-state index is -0.951. The van der Waals surface area contributed by atoms with Crippen LogP contribution in [0.1, 0.15) is 20.7 Å². The molecule has 3 N–H and O–H groups in total. The fourth-order valence-corrected chi connectivity index (χ4v) is 3.90. The van der Waals surface area contributed by atoms with Crippen LogP contribution in [-0.4, -0.2) is 27.3 Å². The van der Waals surface area contributed by atoms with Gasteiger partial charge in [0.1, 0.15) is 28.4 Å². The van der Waals surface area contributed by atoms with Gasteiger partial charge >= 0.3 is 11.9 Å². The van der Waals surface area contributed by atoms with E-state index in [9.17, 15) is 24.9 Å². The predicted molar refractivity (Wildman–Crippen MR) is 129 cm³/mol. The molecule has 0 atom stereocenters. The third-order valence-electron chi connectivity index (χ3n) is 5.56. The molecule has 0 saturated heterocycles. The summed E-state index contributed by atoms with van der Waals surface area (Å²) in [5.41, 5.74) is -0.438. The number of aromatic hydroxyl groups is 3. The molecule has 7 heteroatoms. The highest BCUT2D eigenvalue weighted by Gasteiger charge is 2.24. The fraction of sp³-hybridized carbons (Fsp3) is 0. The van der Waals surface area contributed by atoms with Crippen LogP contribution in [0.5, 0.6) is 28.7 Å². The summed E-state index contributed by atoms with van der Waals surface area (Å²) < 4.78 is 11.0. The van der Waals surface area contributed by atoms with Crippen molar-refractivity contribution in [3.8, 4) is 28.7 Å². The molecule has 0 aliphatic heterocycles. The molecule has 0 bridgehead atoms. The molecule has 0 unspecified atom stereocenters. The Morgan fingerprint density at radius 1 is 0.600 bits per heavy atom. The van der Waals surface area contributed by atoms with Crippen molar-refractivity contribution in [2.24, 2.45) is 0 Å². The molecule has 0 heterocycles. The van der Waals surface area contributed by atoms with Gasteiger partial charge in [-0.25, -0.2) is 9.59 Å². The summed E-state index contributed by atoms with van der Waals surface area (Å²) in [6, 6.07) is 24.1. The maximum absolute atomic E-state index is 13.2. The van der Waals surface area contributed by atoms with Gasteiger partial charge in [0.15, 0.2) is 11.5 Å². The minimum absolute atomic E-state index is 0.0322. The number of carbonyl (C=O) groups is 2. The van der Waals surface area contributed by atoms with E-state index in [1.807, 2.05) is 0 Å². The SMILES string of the molecule is O=C(Oc1ccccc1)c1cc(OC(=O)c2c(O)c(O)cc3ccccc23)c2ccccc2c1O. The van der Waals surface area contributed by atoms with Crippen molar-refractivity contribution in [2.45, 2.75) is 0 Å². The highest BCUT2D eigenvalue weighted by Crippen LogP contribution is 2.39. The summed E-state index contributed by atoms with van der Waals surface area (Å²) in [4.78, 5) is 26.1. The van der Waals surface area contributed by atoms with Crippen molar-refractivity contribution in [2.75, 3.05) is 0 Å². The van der Waals surface area contributed by atoms with Crippen molar-refractivity contribution in [3.63, 3.8) is 0 Å². The number of esters is 2. The van der Waals surface area contributed by atoms with Gasteiger partial charge in [-0.05, 0) is 29.7 Å². The van der Waals surface area contributed by atoms with Crippen molar-refractivity contribution in [1.82, 2.24) is 0 Å². The lowest BCUT2D eigenvalue weighted by atomic mass is 10.0. The van der Waals surface area contributed by atoms with Crippen LogP contribution in [0.3, 0.4) is 0 Å². The number of hydrogen-bond donors (Lipinski definition) is 3. The Balaban J connectivity index is 1.60. The maximum atomic E-state index is 13.2. The summed E-state index contributed by atoms with van der Waals surface area (Å²) in [6.07, 6.45) is 0. The van der Waals surface area contributed by atoms with Crippen molar-refractivity contribution in [3.05, 3.63) is 102 Å². The smallest absolute Gasteiger partial charge is 0.348 e. The molecular formula is C28H18O7. The number of para-hydroxylation sites is 1. The molecule has 5 aromatic rings. The molecule has 7 nitrogen and oxygen atoms in total. The Kier molecular flexibility index (Phi) is 5.43. The first kappa shape index (κ1) is 21.8. The zero-order valence-corrected chi connectivity index (χ0v) is 18.1. The number of ether oxygens (including phenoxy) is 2. The molecule has 0 amide bonds. The minimum Gasteiger partial charge on any atom is -0.506 e. The first-order valence-electron chi connectivity index (χ1n) is 10.6. The van der Waals surface area contributed by atoms with E-state index in [-0.39, 0.29) is 33.8 Å². The lowest BCUT2D eigenvalue weighted by Gasteiger charge is -2.14. The number of hydrogen-bond acceptors (Lipinski definition) is 7. The molecule has 0 fully saturated rings. The van der Waals surface area contributed by atoms with Crippen LogP contribution in [0.15, 0.2) is 91.0 Å². The van der Waals surface area contributed by atoms with E-state index in [4.69, 9.17) is 9.47 Å². The number of benzene rings is 5. The summed E-state index contributed by atoms with van der Waals surface area (Å²) >= 11 is 0. The van der Waals surface area contributed by atoms with Crippen LogP contribution < -0.4 is 9.47 Å². The van der Waals surface area contributed by atoms with E-state index in [1.165, 1.54) is 12.1 Å². The van der Waals surface area contributed by atoms with Crippen molar-refractivity contribution >= 4 is 33.5 Å². The van der Waals surface area contributed by atoms with Gasteiger partial charge in [-0.3, -0.25) is 0 Å². The lowest BCUT2D eigenvalue weighted by molar-refractivity contribution is 0.0713.